The molecule has 0 amide bonds. The van der Waals surface area contributed by atoms with Crippen LogP contribution in [-0.4, -0.2) is 24.8 Å². The molecule has 0 aromatic heterocycles. The van der Waals surface area contributed by atoms with E-state index in [0.717, 1.165) is 25.8 Å². The summed E-state index contributed by atoms with van der Waals surface area (Å²) in [7, 11) is 1.93. The van der Waals surface area contributed by atoms with Gasteiger partial charge in [-0.25, -0.2) is 0 Å². The van der Waals surface area contributed by atoms with Crippen molar-refractivity contribution in [1.82, 2.24) is 5.32 Å². The van der Waals surface area contributed by atoms with Crippen LogP contribution >= 0.6 is 0 Å². The highest BCUT2D eigenvalue weighted by Crippen LogP contribution is 2.06. The molecule has 1 aromatic rings. The highest BCUT2D eigenvalue weighted by Gasteiger charge is 2.04. The minimum Gasteiger partial charge on any atom is -0.393 e. The molecule has 1 unspecified atom stereocenters. The molecule has 0 aliphatic carbocycles. The van der Waals surface area contributed by atoms with Crippen LogP contribution in [0.2, 0.25) is 0 Å². The van der Waals surface area contributed by atoms with E-state index in [4.69, 9.17) is 0 Å². The zero-order chi connectivity index (χ0) is 10.2. The fourth-order valence-corrected chi connectivity index (χ4v) is 1.50. The first-order chi connectivity index (χ1) is 6.83. The Balaban J connectivity index is 2.23. The van der Waals surface area contributed by atoms with Crippen LogP contribution in [0, 0.1) is 0 Å². The summed E-state index contributed by atoms with van der Waals surface area (Å²) in [6, 6.07) is 10.1. The average molecular weight is 193 g/mol. The largest absolute Gasteiger partial charge is 0.393 e. The fraction of sp³-hybridized carbons (Fsp3) is 0.500. The maximum absolute atomic E-state index is 9.70. The summed E-state index contributed by atoms with van der Waals surface area (Å²) < 4.78 is 0. The summed E-state index contributed by atoms with van der Waals surface area (Å²) in [5.74, 6) is 0. The van der Waals surface area contributed by atoms with Crippen LogP contribution in [0.3, 0.4) is 0 Å². The van der Waals surface area contributed by atoms with E-state index in [1.165, 1.54) is 5.56 Å². The van der Waals surface area contributed by atoms with Crippen LogP contribution in [0.1, 0.15) is 18.4 Å². The van der Waals surface area contributed by atoms with Gasteiger partial charge in [0.1, 0.15) is 0 Å². The molecule has 2 N–H and O–H groups in total. The van der Waals surface area contributed by atoms with Crippen molar-refractivity contribution in [3.63, 3.8) is 0 Å². The van der Waals surface area contributed by atoms with Gasteiger partial charge in [-0.15, -0.1) is 0 Å². The van der Waals surface area contributed by atoms with Crippen molar-refractivity contribution in [2.24, 2.45) is 0 Å². The number of aliphatic hydroxyl groups is 1. The van der Waals surface area contributed by atoms with Gasteiger partial charge in [0, 0.05) is 0 Å². The monoisotopic (exact) mass is 193 g/mol. The van der Waals surface area contributed by atoms with Gasteiger partial charge < -0.3 is 10.4 Å². The van der Waals surface area contributed by atoms with Gasteiger partial charge in [0.2, 0.25) is 0 Å². The topological polar surface area (TPSA) is 32.3 Å². The van der Waals surface area contributed by atoms with Crippen molar-refractivity contribution < 1.29 is 5.11 Å². The third-order valence-corrected chi connectivity index (χ3v) is 2.28. The molecule has 0 radical (unpaired) electrons. The third kappa shape index (κ3) is 4.40. The van der Waals surface area contributed by atoms with E-state index >= 15 is 0 Å². The first kappa shape index (κ1) is 11.2. The minimum atomic E-state index is -0.203. The number of rotatable bonds is 6. The molecule has 1 atom stereocenters. The van der Waals surface area contributed by atoms with Crippen molar-refractivity contribution >= 4 is 0 Å². The van der Waals surface area contributed by atoms with E-state index in [9.17, 15) is 5.11 Å². The van der Waals surface area contributed by atoms with Gasteiger partial charge >= 0.3 is 0 Å². The summed E-state index contributed by atoms with van der Waals surface area (Å²) in [5, 5.41) is 12.8. The van der Waals surface area contributed by atoms with Crippen LogP contribution < -0.4 is 5.32 Å². The first-order valence-electron chi connectivity index (χ1n) is 5.19. The molecule has 0 aliphatic heterocycles. The van der Waals surface area contributed by atoms with Crippen LogP contribution in [0.5, 0.6) is 0 Å². The molecule has 0 fully saturated rings. The van der Waals surface area contributed by atoms with Crippen molar-refractivity contribution in [2.45, 2.75) is 25.4 Å². The minimum absolute atomic E-state index is 0.203. The lowest BCUT2D eigenvalue weighted by Gasteiger charge is -2.09. The van der Waals surface area contributed by atoms with Crippen molar-refractivity contribution in [3.05, 3.63) is 35.9 Å². The average Bonchev–Trinajstić information content (AvgIpc) is 2.20. The highest BCUT2D eigenvalue weighted by molar-refractivity contribution is 5.15. The second-order valence-electron chi connectivity index (χ2n) is 3.59. The predicted octanol–water partition coefficient (Wildman–Crippen LogP) is 1.59. The molecule has 2 heteroatoms. The van der Waals surface area contributed by atoms with Crippen molar-refractivity contribution in [2.75, 3.05) is 13.6 Å². The lowest BCUT2D eigenvalue weighted by atomic mass is 10.0. The van der Waals surface area contributed by atoms with E-state index in [2.05, 4.69) is 17.4 Å². The summed E-state index contributed by atoms with van der Waals surface area (Å²) >= 11 is 0. The molecular formula is C12H19NO. The number of hydrogen-bond donors (Lipinski definition) is 2. The van der Waals surface area contributed by atoms with E-state index in [-0.39, 0.29) is 6.10 Å². The van der Waals surface area contributed by atoms with Gasteiger partial charge in [0.05, 0.1) is 6.10 Å². The van der Waals surface area contributed by atoms with E-state index < -0.39 is 0 Å². The predicted molar refractivity (Wildman–Crippen MR) is 59.3 cm³/mol. The molecule has 0 saturated carbocycles. The van der Waals surface area contributed by atoms with E-state index in [0.29, 0.717) is 0 Å². The Morgan fingerprint density at radius 1 is 1.29 bits per heavy atom. The van der Waals surface area contributed by atoms with Gasteiger partial charge in [0.15, 0.2) is 0 Å². The van der Waals surface area contributed by atoms with Gasteiger partial charge in [-0.1, -0.05) is 30.3 Å². The van der Waals surface area contributed by atoms with Crippen LogP contribution in [0.4, 0.5) is 0 Å². The van der Waals surface area contributed by atoms with E-state index in [1.807, 2.05) is 25.2 Å². The molecule has 2 nitrogen and oxygen atoms in total. The summed E-state index contributed by atoms with van der Waals surface area (Å²) in [6.07, 6.45) is 2.47. The maximum atomic E-state index is 9.70. The van der Waals surface area contributed by atoms with Crippen molar-refractivity contribution in [3.8, 4) is 0 Å². The number of aliphatic hydroxyl groups excluding tert-OH is 1. The third-order valence-electron chi connectivity index (χ3n) is 2.28. The van der Waals surface area contributed by atoms with Gasteiger partial charge in [-0.05, 0) is 38.4 Å². The molecule has 14 heavy (non-hydrogen) atoms. The Kier molecular flexibility index (Phi) is 5.27. The number of nitrogens with one attached hydrogen (secondary N) is 1. The first-order valence-corrected chi connectivity index (χ1v) is 5.19. The quantitative estimate of drug-likeness (QED) is 0.672. The Bertz CT molecular complexity index is 235. The Labute approximate surface area is 86.0 Å². The number of benzene rings is 1. The molecule has 1 aromatic carbocycles. The second kappa shape index (κ2) is 6.57. The molecular weight excluding hydrogens is 174 g/mol. The molecule has 0 bridgehead atoms. The fourth-order valence-electron chi connectivity index (χ4n) is 1.50. The van der Waals surface area contributed by atoms with Gasteiger partial charge in [0.25, 0.3) is 0 Å². The van der Waals surface area contributed by atoms with Gasteiger partial charge in [-0.2, -0.15) is 0 Å². The molecule has 1 rings (SSSR count). The summed E-state index contributed by atoms with van der Waals surface area (Å²) in [6.45, 7) is 0.978. The maximum Gasteiger partial charge on any atom is 0.0581 e. The zero-order valence-corrected chi connectivity index (χ0v) is 8.74. The Morgan fingerprint density at radius 2 is 2.00 bits per heavy atom. The molecule has 78 valence electrons. The molecule has 0 aliphatic rings. The van der Waals surface area contributed by atoms with Crippen LogP contribution in [-0.2, 0) is 6.42 Å². The molecule has 0 spiro atoms. The summed E-state index contributed by atoms with van der Waals surface area (Å²) in [5.41, 5.74) is 1.21. The highest BCUT2D eigenvalue weighted by atomic mass is 16.3. The zero-order valence-electron chi connectivity index (χ0n) is 8.74. The standard InChI is InChI=1S/C12H19NO/c1-13-9-5-8-12(14)10-11-6-3-2-4-7-11/h2-4,6-7,12-14H,5,8-10H2,1H3. The molecule has 0 saturated heterocycles. The van der Waals surface area contributed by atoms with Crippen LogP contribution in [0.15, 0.2) is 30.3 Å². The molecule has 0 heterocycles. The lowest BCUT2D eigenvalue weighted by Crippen LogP contribution is -2.14. The van der Waals surface area contributed by atoms with Gasteiger partial charge in [-0.3, -0.25) is 0 Å². The normalized spacial score (nSPS) is 12.7. The lowest BCUT2D eigenvalue weighted by molar-refractivity contribution is 0.162. The van der Waals surface area contributed by atoms with Crippen molar-refractivity contribution in [1.29, 1.82) is 0 Å². The Morgan fingerprint density at radius 3 is 2.64 bits per heavy atom. The summed E-state index contributed by atoms with van der Waals surface area (Å²) in [4.78, 5) is 0. The second-order valence-corrected chi connectivity index (χ2v) is 3.59. The smallest absolute Gasteiger partial charge is 0.0581 e. The van der Waals surface area contributed by atoms with Crippen LogP contribution in [0.25, 0.3) is 0 Å². The number of hydrogen-bond acceptors (Lipinski definition) is 2. The Hall–Kier alpha value is -0.860. The SMILES string of the molecule is CNCCCC(O)Cc1ccccc1. The van der Waals surface area contributed by atoms with E-state index in [1.54, 1.807) is 0 Å².